The fourth-order valence-corrected chi connectivity index (χ4v) is 3.80. The second-order valence-corrected chi connectivity index (χ2v) is 6.42. The maximum absolute atomic E-state index is 13.0. The number of nitrogens with zero attached hydrogens (tertiary/aromatic N) is 1. The van der Waals surface area contributed by atoms with E-state index in [1.807, 2.05) is 6.07 Å². The van der Waals surface area contributed by atoms with Crippen molar-refractivity contribution in [1.29, 1.82) is 0 Å². The van der Waals surface area contributed by atoms with E-state index < -0.39 is 0 Å². The molecule has 1 saturated heterocycles. The number of likely N-dealkylation sites (tertiary alicyclic amines) is 1. The fourth-order valence-electron chi connectivity index (χ4n) is 3.80. The molecule has 0 radical (unpaired) electrons. The molecular formula is C18H26N2O. The highest BCUT2D eigenvalue weighted by Crippen LogP contribution is 2.26. The van der Waals surface area contributed by atoms with Gasteiger partial charge in [-0.05, 0) is 62.9 Å². The number of fused-ring (bicyclic) bond motifs is 1. The number of hydrogen-bond donors (Lipinski definition) is 1. The van der Waals surface area contributed by atoms with Crippen molar-refractivity contribution in [1.82, 2.24) is 4.90 Å². The van der Waals surface area contributed by atoms with Gasteiger partial charge in [0.15, 0.2) is 5.78 Å². The summed E-state index contributed by atoms with van der Waals surface area (Å²) >= 11 is 0. The molecule has 3 heteroatoms. The van der Waals surface area contributed by atoms with Gasteiger partial charge in [0.1, 0.15) is 0 Å². The van der Waals surface area contributed by atoms with E-state index >= 15 is 0 Å². The van der Waals surface area contributed by atoms with E-state index in [0.29, 0.717) is 11.8 Å². The van der Waals surface area contributed by atoms with Crippen molar-refractivity contribution in [3.8, 4) is 0 Å². The van der Waals surface area contributed by atoms with Gasteiger partial charge in [-0.2, -0.15) is 0 Å². The molecule has 2 aliphatic heterocycles. The molecule has 1 fully saturated rings. The number of Topliss-reactive ketones (excluding diaryl/α,β-unsaturated/α-hetero) is 1. The average molecular weight is 286 g/mol. The van der Waals surface area contributed by atoms with Crippen molar-refractivity contribution in [2.45, 2.75) is 58.0 Å². The predicted octanol–water partition coefficient (Wildman–Crippen LogP) is 3.49. The summed E-state index contributed by atoms with van der Waals surface area (Å²) in [5, 5.41) is 3.36. The lowest BCUT2D eigenvalue weighted by Crippen LogP contribution is -2.48. The molecule has 2 atom stereocenters. The molecule has 0 spiro atoms. The van der Waals surface area contributed by atoms with E-state index in [2.05, 4.69) is 36.2 Å². The van der Waals surface area contributed by atoms with Crippen molar-refractivity contribution in [2.75, 3.05) is 18.4 Å². The molecule has 21 heavy (non-hydrogen) atoms. The maximum Gasteiger partial charge on any atom is 0.179 e. The van der Waals surface area contributed by atoms with Crippen molar-refractivity contribution in [2.24, 2.45) is 0 Å². The van der Waals surface area contributed by atoms with Crippen LogP contribution in [0, 0.1) is 0 Å². The average Bonchev–Trinajstić information content (AvgIpc) is 2.97. The first-order valence-electron chi connectivity index (χ1n) is 8.37. The topological polar surface area (TPSA) is 32.3 Å². The van der Waals surface area contributed by atoms with Crippen LogP contribution < -0.4 is 5.32 Å². The summed E-state index contributed by atoms with van der Waals surface area (Å²) in [6.07, 6.45) is 5.68. The molecule has 0 aliphatic carbocycles. The minimum atomic E-state index is 0.0488. The summed E-state index contributed by atoms with van der Waals surface area (Å²) in [6, 6.07) is 6.75. The quantitative estimate of drug-likeness (QED) is 0.860. The lowest BCUT2D eigenvalue weighted by atomic mass is 9.94. The Kier molecular flexibility index (Phi) is 4.29. The molecule has 2 unspecified atom stereocenters. The minimum absolute atomic E-state index is 0.0488. The van der Waals surface area contributed by atoms with Crippen LogP contribution in [0.5, 0.6) is 0 Å². The van der Waals surface area contributed by atoms with E-state index in [1.54, 1.807) is 0 Å². The first kappa shape index (κ1) is 14.6. The first-order valence-corrected chi connectivity index (χ1v) is 8.37. The fraction of sp³-hybridized carbons (Fsp3) is 0.611. The molecule has 114 valence electrons. The van der Waals surface area contributed by atoms with Gasteiger partial charge in [-0.25, -0.2) is 0 Å². The Morgan fingerprint density at radius 1 is 1.43 bits per heavy atom. The maximum atomic E-state index is 13.0. The Balaban J connectivity index is 1.81. The molecule has 2 heterocycles. The SMILES string of the molecule is CCC(C(=O)c1ccc2c(c1)CCN2)N1CCCCC1C. The van der Waals surface area contributed by atoms with Crippen LogP contribution in [0.25, 0.3) is 0 Å². The molecule has 0 aromatic heterocycles. The number of carbonyl (C=O) groups excluding carboxylic acids is 1. The van der Waals surface area contributed by atoms with Gasteiger partial charge in [0.25, 0.3) is 0 Å². The highest BCUT2D eigenvalue weighted by atomic mass is 16.1. The van der Waals surface area contributed by atoms with Crippen LogP contribution >= 0.6 is 0 Å². The van der Waals surface area contributed by atoms with Gasteiger partial charge >= 0.3 is 0 Å². The number of nitrogens with one attached hydrogen (secondary N) is 1. The second-order valence-electron chi connectivity index (χ2n) is 6.42. The van der Waals surface area contributed by atoms with Crippen LogP contribution in [-0.2, 0) is 6.42 Å². The Morgan fingerprint density at radius 2 is 2.29 bits per heavy atom. The van der Waals surface area contributed by atoms with Crippen LogP contribution in [0.1, 0.15) is 55.5 Å². The van der Waals surface area contributed by atoms with Gasteiger partial charge in [0.05, 0.1) is 6.04 Å². The van der Waals surface area contributed by atoms with Crippen molar-refractivity contribution >= 4 is 11.5 Å². The van der Waals surface area contributed by atoms with Crippen LogP contribution in [-0.4, -0.2) is 35.9 Å². The number of anilines is 1. The summed E-state index contributed by atoms with van der Waals surface area (Å²) in [7, 11) is 0. The number of benzene rings is 1. The lowest BCUT2D eigenvalue weighted by molar-refractivity contribution is 0.0654. The number of rotatable bonds is 4. The second kappa shape index (κ2) is 6.18. The summed E-state index contributed by atoms with van der Waals surface area (Å²) < 4.78 is 0. The minimum Gasteiger partial charge on any atom is -0.384 e. The zero-order chi connectivity index (χ0) is 14.8. The molecule has 1 aromatic rings. The monoisotopic (exact) mass is 286 g/mol. The predicted molar refractivity (Wildman–Crippen MR) is 87.1 cm³/mol. The first-order chi connectivity index (χ1) is 10.2. The van der Waals surface area contributed by atoms with Gasteiger partial charge < -0.3 is 5.32 Å². The van der Waals surface area contributed by atoms with E-state index in [-0.39, 0.29) is 6.04 Å². The molecule has 0 amide bonds. The van der Waals surface area contributed by atoms with Gasteiger partial charge in [-0.1, -0.05) is 13.3 Å². The number of hydrogen-bond acceptors (Lipinski definition) is 3. The Morgan fingerprint density at radius 3 is 3.05 bits per heavy atom. The van der Waals surface area contributed by atoms with Crippen LogP contribution in [0.4, 0.5) is 5.69 Å². The molecule has 3 nitrogen and oxygen atoms in total. The largest absolute Gasteiger partial charge is 0.384 e. The zero-order valence-electron chi connectivity index (χ0n) is 13.2. The summed E-state index contributed by atoms with van der Waals surface area (Å²) in [4.78, 5) is 15.4. The van der Waals surface area contributed by atoms with Crippen molar-refractivity contribution in [3.05, 3.63) is 29.3 Å². The highest BCUT2D eigenvalue weighted by molar-refractivity contribution is 6.00. The molecule has 1 aromatic carbocycles. The van der Waals surface area contributed by atoms with Gasteiger partial charge in [-0.15, -0.1) is 0 Å². The summed E-state index contributed by atoms with van der Waals surface area (Å²) in [5.41, 5.74) is 3.38. The molecule has 2 aliphatic rings. The van der Waals surface area contributed by atoms with Gasteiger partial charge in [-0.3, -0.25) is 9.69 Å². The smallest absolute Gasteiger partial charge is 0.179 e. The standard InChI is InChI=1S/C18H26N2O/c1-3-17(20-11-5-4-6-13(20)2)18(21)15-7-8-16-14(12-15)9-10-19-16/h7-8,12-13,17,19H,3-6,9-11H2,1-2H3. The molecule has 3 rings (SSSR count). The third-order valence-corrected chi connectivity index (χ3v) is 5.04. The third kappa shape index (κ3) is 2.84. The number of piperidine rings is 1. The Labute approximate surface area is 127 Å². The van der Waals surface area contributed by atoms with E-state index in [1.165, 1.54) is 30.5 Å². The van der Waals surface area contributed by atoms with Crippen LogP contribution in [0.15, 0.2) is 18.2 Å². The lowest BCUT2D eigenvalue weighted by Gasteiger charge is -2.38. The molecule has 0 bridgehead atoms. The zero-order valence-corrected chi connectivity index (χ0v) is 13.2. The van der Waals surface area contributed by atoms with Crippen LogP contribution in [0.3, 0.4) is 0 Å². The molecule has 0 saturated carbocycles. The normalized spacial score (nSPS) is 23.4. The number of ketones is 1. The highest BCUT2D eigenvalue weighted by Gasteiger charge is 2.30. The van der Waals surface area contributed by atoms with Crippen molar-refractivity contribution in [3.63, 3.8) is 0 Å². The molecular weight excluding hydrogens is 260 g/mol. The van der Waals surface area contributed by atoms with E-state index in [4.69, 9.17) is 0 Å². The van der Waals surface area contributed by atoms with E-state index in [0.717, 1.165) is 31.5 Å². The van der Waals surface area contributed by atoms with Gasteiger partial charge in [0.2, 0.25) is 0 Å². The van der Waals surface area contributed by atoms with Crippen LogP contribution in [0.2, 0.25) is 0 Å². The summed E-state index contributed by atoms with van der Waals surface area (Å²) in [6.45, 7) is 6.46. The Hall–Kier alpha value is -1.35. The van der Waals surface area contributed by atoms with Crippen molar-refractivity contribution < 1.29 is 4.79 Å². The third-order valence-electron chi connectivity index (χ3n) is 5.04. The Bertz CT molecular complexity index is 526. The van der Waals surface area contributed by atoms with Gasteiger partial charge in [0, 0.05) is 23.8 Å². The number of carbonyl (C=O) groups is 1. The summed E-state index contributed by atoms with van der Waals surface area (Å²) in [5.74, 6) is 0.306. The van der Waals surface area contributed by atoms with E-state index in [9.17, 15) is 4.79 Å². The molecule has 1 N–H and O–H groups in total.